The number of allylic oxidation sites excluding steroid dienone is 1. The molecule has 4 aromatic rings. The third-order valence-corrected chi connectivity index (χ3v) is 8.39. The maximum Gasteiger partial charge on any atom is 0.338 e. The molecule has 1 aliphatic rings. The predicted molar refractivity (Wildman–Crippen MR) is 173 cm³/mol. The van der Waals surface area contributed by atoms with Crippen molar-refractivity contribution in [3.63, 3.8) is 0 Å². The van der Waals surface area contributed by atoms with E-state index in [1.54, 1.807) is 24.5 Å². The van der Waals surface area contributed by atoms with Crippen LogP contribution in [0.5, 0.6) is 11.5 Å². The van der Waals surface area contributed by atoms with Crippen molar-refractivity contribution in [1.82, 2.24) is 4.57 Å². The number of hydrogen-bond acceptors (Lipinski definition) is 7. The van der Waals surface area contributed by atoms with Gasteiger partial charge in [-0.3, -0.25) is 9.36 Å². The zero-order valence-corrected chi connectivity index (χ0v) is 27.3. The first-order valence-electron chi connectivity index (χ1n) is 13.8. The van der Waals surface area contributed by atoms with E-state index < -0.39 is 12.0 Å². The molecule has 2 heterocycles. The number of aromatic nitrogens is 1. The zero-order chi connectivity index (χ0) is 30.7. The lowest BCUT2D eigenvalue weighted by Crippen LogP contribution is -2.40. The summed E-state index contributed by atoms with van der Waals surface area (Å²) < 4.78 is 20.6. The predicted octanol–water partition coefficient (Wildman–Crippen LogP) is 6.58. The van der Waals surface area contributed by atoms with Gasteiger partial charge in [-0.25, -0.2) is 9.79 Å². The van der Waals surface area contributed by atoms with Crippen LogP contribution < -0.4 is 24.4 Å². The molecular formula is C33H30BrClN2O5S. The lowest BCUT2D eigenvalue weighted by molar-refractivity contribution is -0.139. The van der Waals surface area contributed by atoms with Crippen molar-refractivity contribution in [2.24, 2.45) is 4.99 Å². The van der Waals surface area contributed by atoms with Crippen LogP contribution in [-0.2, 0) is 16.1 Å². The van der Waals surface area contributed by atoms with E-state index in [1.165, 1.54) is 11.3 Å². The number of carbonyl (C=O) groups is 1. The molecule has 0 aliphatic carbocycles. The van der Waals surface area contributed by atoms with E-state index in [-0.39, 0.29) is 18.3 Å². The molecule has 5 rings (SSSR count). The molecule has 0 amide bonds. The minimum atomic E-state index is -0.782. The van der Waals surface area contributed by atoms with Crippen LogP contribution in [0.3, 0.4) is 0 Å². The Kier molecular flexibility index (Phi) is 9.54. The summed E-state index contributed by atoms with van der Waals surface area (Å²) in [4.78, 5) is 32.6. The highest BCUT2D eigenvalue weighted by molar-refractivity contribution is 9.10. The number of ether oxygens (including phenoxy) is 3. The molecule has 1 aliphatic heterocycles. The molecule has 0 unspecified atom stereocenters. The van der Waals surface area contributed by atoms with E-state index in [1.807, 2.05) is 80.6 Å². The van der Waals surface area contributed by atoms with Crippen LogP contribution in [0.1, 0.15) is 50.4 Å². The van der Waals surface area contributed by atoms with Gasteiger partial charge in [0.05, 0.1) is 28.5 Å². The first-order chi connectivity index (χ1) is 20.7. The minimum absolute atomic E-state index is 0.115. The number of carbonyl (C=O) groups excluding carboxylic acids is 1. The number of para-hydroxylation sites is 1. The van der Waals surface area contributed by atoms with Crippen LogP contribution in [0.4, 0.5) is 0 Å². The van der Waals surface area contributed by atoms with E-state index in [0.717, 1.165) is 15.6 Å². The van der Waals surface area contributed by atoms with Gasteiger partial charge in [0, 0.05) is 20.6 Å². The van der Waals surface area contributed by atoms with Crippen LogP contribution in [0.25, 0.3) is 6.08 Å². The highest BCUT2D eigenvalue weighted by Crippen LogP contribution is 2.36. The van der Waals surface area contributed by atoms with Crippen LogP contribution >= 0.6 is 38.9 Å². The first-order valence-corrected chi connectivity index (χ1v) is 15.8. The summed E-state index contributed by atoms with van der Waals surface area (Å²) in [6.45, 7) is 7.90. The molecule has 1 atom stereocenters. The molecule has 0 fully saturated rings. The number of rotatable bonds is 9. The van der Waals surface area contributed by atoms with Crippen molar-refractivity contribution in [3.8, 4) is 11.5 Å². The Balaban J connectivity index is 1.64. The Morgan fingerprint density at radius 3 is 2.58 bits per heavy atom. The van der Waals surface area contributed by atoms with Crippen molar-refractivity contribution in [2.45, 2.75) is 46.4 Å². The first kappa shape index (κ1) is 30.8. The van der Waals surface area contributed by atoms with E-state index in [4.69, 9.17) is 30.8 Å². The second kappa shape index (κ2) is 13.3. The Bertz CT molecular complexity index is 1880. The third-order valence-electron chi connectivity index (χ3n) is 6.66. The second-order valence-corrected chi connectivity index (χ2v) is 12.5. The van der Waals surface area contributed by atoms with E-state index >= 15 is 0 Å². The highest BCUT2D eigenvalue weighted by atomic mass is 79.9. The van der Waals surface area contributed by atoms with Gasteiger partial charge in [-0.1, -0.05) is 69.2 Å². The molecule has 10 heteroatoms. The fourth-order valence-corrected chi connectivity index (χ4v) is 6.34. The molecule has 0 radical (unpaired) electrons. The third kappa shape index (κ3) is 6.79. The number of halogens is 2. The average molecular weight is 682 g/mol. The maximum atomic E-state index is 14.2. The summed E-state index contributed by atoms with van der Waals surface area (Å²) >= 11 is 10.8. The van der Waals surface area contributed by atoms with Crippen molar-refractivity contribution in [2.75, 3.05) is 6.61 Å². The number of thiazole rings is 1. The average Bonchev–Trinajstić information content (AvgIpc) is 3.27. The molecule has 43 heavy (non-hydrogen) atoms. The Hall–Kier alpha value is -3.66. The SMILES string of the molecule is CCOC(=O)C1=C(C)N=c2s/c(=C/c3cc(Br)ccc3OCc3ccc(Cl)cc3)c(=O)n2[C@@H]1c1ccccc1OC(C)C. The lowest BCUT2D eigenvalue weighted by atomic mass is 9.95. The minimum Gasteiger partial charge on any atom is -0.491 e. The van der Waals surface area contributed by atoms with Gasteiger partial charge < -0.3 is 14.2 Å². The van der Waals surface area contributed by atoms with Crippen molar-refractivity contribution in [1.29, 1.82) is 0 Å². The van der Waals surface area contributed by atoms with Gasteiger partial charge in [0.25, 0.3) is 5.56 Å². The maximum absolute atomic E-state index is 14.2. The topological polar surface area (TPSA) is 79.1 Å². The molecule has 0 bridgehead atoms. The fourth-order valence-electron chi connectivity index (χ4n) is 4.80. The monoisotopic (exact) mass is 680 g/mol. The summed E-state index contributed by atoms with van der Waals surface area (Å²) in [5.74, 6) is 0.672. The number of benzene rings is 3. The quantitative estimate of drug-likeness (QED) is 0.187. The standard InChI is InChI=1S/C33H30BrClN2O5S/c1-5-40-32(39)29-20(4)36-33-37(30(29)25-8-6-7-9-27(25)42-19(2)3)31(38)28(43-33)17-22-16-23(34)12-15-26(22)41-18-21-10-13-24(35)14-11-21/h6-17,19,30H,5,18H2,1-4H3/b28-17+/t30-/m1/s1. The molecule has 0 saturated carbocycles. The lowest BCUT2D eigenvalue weighted by Gasteiger charge is -2.26. The number of hydrogen-bond donors (Lipinski definition) is 0. The Morgan fingerprint density at radius 1 is 1.12 bits per heavy atom. The zero-order valence-electron chi connectivity index (χ0n) is 24.1. The fraction of sp³-hybridized carbons (Fsp3) is 0.242. The summed E-state index contributed by atoms with van der Waals surface area (Å²) in [6.07, 6.45) is 1.68. The summed E-state index contributed by atoms with van der Waals surface area (Å²) in [5.41, 5.74) is 2.86. The van der Waals surface area contributed by atoms with Gasteiger partial charge in [-0.2, -0.15) is 0 Å². The van der Waals surface area contributed by atoms with Crippen LogP contribution in [0, 0.1) is 0 Å². The summed E-state index contributed by atoms with van der Waals surface area (Å²) in [5, 5.41) is 0.654. The number of nitrogens with zero attached hydrogens (tertiary/aromatic N) is 2. The number of esters is 1. The van der Waals surface area contributed by atoms with Gasteiger partial charge in [0.2, 0.25) is 0 Å². The van der Waals surface area contributed by atoms with Gasteiger partial charge in [-0.05, 0) is 75.7 Å². The number of fused-ring (bicyclic) bond motifs is 1. The van der Waals surface area contributed by atoms with E-state index in [9.17, 15) is 9.59 Å². The largest absolute Gasteiger partial charge is 0.491 e. The summed E-state index contributed by atoms with van der Waals surface area (Å²) in [7, 11) is 0. The van der Waals surface area contributed by atoms with Crippen molar-refractivity contribution >= 4 is 50.9 Å². The van der Waals surface area contributed by atoms with E-state index in [0.29, 0.717) is 49.3 Å². The molecule has 3 aromatic carbocycles. The summed E-state index contributed by atoms with van der Waals surface area (Å²) in [6, 6.07) is 19.7. The van der Waals surface area contributed by atoms with E-state index in [2.05, 4.69) is 15.9 Å². The molecule has 1 aromatic heterocycles. The molecule has 222 valence electrons. The van der Waals surface area contributed by atoms with Gasteiger partial charge >= 0.3 is 5.97 Å². The van der Waals surface area contributed by atoms with Crippen LogP contribution in [0.2, 0.25) is 5.02 Å². The molecular weight excluding hydrogens is 652 g/mol. The van der Waals surface area contributed by atoms with Crippen molar-refractivity contribution < 1.29 is 19.0 Å². The highest BCUT2D eigenvalue weighted by Gasteiger charge is 2.35. The van der Waals surface area contributed by atoms with Crippen molar-refractivity contribution in [3.05, 3.63) is 124 Å². The molecule has 0 N–H and O–H groups in total. The Labute approximate surface area is 266 Å². The van der Waals surface area contributed by atoms with Gasteiger partial charge in [-0.15, -0.1) is 0 Å². The smallest absolute Gasteiger partial charge is 0.338 e. The Morgan fingerprint density at radius 2 is 1.86 bits per heavy atom. The normalized spacial score (nSPS) is 14.9. The second-order valence-electron chi connectivity index (χ2n) is 10.1. The van der Waals surface area contributed by atoms with Gasteiger partial charge in [0.15, 0.2) is 4.80 Å². The van der Waals surface area contributed by atoms with Crippen LogP contribution in [0.15, 0.2) is 92.3 Å². The molecule has 0 spiro atoms. The van der Waals surface area contributed by atoms with Crippen LogP contribution in [-0.4, -0.2) is 23.2 Å². The van der Waals surface area contributed by atoms with Gasteiger partial charge in [0.1, 0.15) is 24.1 Å². The molecule has 0 saturated heterocycles. The molecule has 7 nitrogen and oxygen atoms in total.